The fourth-order valence-electron chi connectivity index (χ4n) is 2.37. The van der Waals surface area contributed by atoms with Gasteiger partial charge in [0, 0.05) is 31.9 Å². The second kappa shape index (κ2) is 10.8. The van der Waals surface area contributed by atoms with Crippen LogP contribution in [0.3, 0.4) is 0 Å². The number of nitrogens with two attached hydrogens (primary N) is 1. The number of hydrogen-bond acceptors (Lipinski definition) is 5. The number of aliphatic imine (C=N–C) groups is 1. The lowest BCUT2D eigenvalue weighted by atomic mass is 10.3. The van der Waals surface area contributed by atoms with E-state index < -0.39 is 0 Å². The maximum absolute atomic E-state index is 5.90. The molecule has 1 aliphatic rings. The van der Waals surface area contributed by atoms with E-state index in [1.54, 1.807) is 6.20 Å². The van der Waals surface area contributed by atoms with Crippen LogP contribution < -0.4 is 15.8 Å². The minimum absolute atomic E-state index is 0.475. The highest BCUT2D eigenvalue weighted by molar-refractivity contribution is 5.77. The Morgan fingerprint density at radius 1 is 1.42 bits per heavy atom. The lowest BCUT2D eigenvalue weighted by Gasteiger charge is -2.26. The fraction of sp³-hybridized carbons (Fsp3) is 0.647. The van der Waals surface area contributed by atoms with Crippen LogP contribution in [-0.4, -0.2) is 61.8 Å². The molecular weight excluding hydrogens is 306 g/mol. The van der Waals surface area contributed by atoms with Crippen molar-refractivity contribution in [1.29, 1.82) is 0 Å². The van der Waals surface area contributed by atoms with Crippen LogP contribution >= 0.6 is 0 Å². The van der Waals surface area contributed by atoms with Gasteiger partial charge in [0.1, 0.15) is 0 Å². The van der Waals surface area contributed by atoms with Gasteiger partial charge in [-0.1, -0.05) is 13.0 Å². The molecule has 1 aromatic heterocycles. The lowest BCUT2D eigenvalue weighted by Crippen LogP contribution is -2.39. The molecule has 1 aliphatic heterocycles. The molecule has 134 valence electrons. The van der Waals surface area contributed by atoms with Gasteiger partial charge < -0.3 is 20.5 Å². The van der Waals surface area contributed by atoms with Gasteiger partial charge in [-0.3, -0.25) is 4.90 Å². The van der Waals surface area contributed by atoms with E-state index in [-0.39, 0.29) is 0 Å². The molecule has 1 saturated heterocycles. The normalized spacial score (nSPS) is 16.1. The van der Waals surface area contributed by atoms with E-state index in [2.05, 4.69) is 27.1 Å². The van der Waals surface area contributed by atoms with E-state index in [4.69, 9.17) is 15.2 Å². The molecule has 3 N–H and O–H groups in total. The van der Waals surface area contributed by atoms with Crippen LogP contribution in [0.15, 0.2) is 23.3 Å². The quantitative estimate of drug-likeness (QED) is 0.398. The Balaban J connectivity index is 1.62. The molecule has 0 saturated carbocycles. The average molecular weight is 335 g/mol. The molecule has 1 aromatic rings. The van der Waals surface area contributed by atoms with Gasteiger partial charge >= 0.3 is 0 Å². The molecule has 0 aliphatic carbocycles. The molecule has 0 radical (unpaired) electrons. The van der Waals surface area contributed by atoms with Gasteiger partial charge in [0.15, 0.2) is 5.96 Å². The van der Waals surface area contributed by atoms with Crippen LogP contribution in [0, 0.1) is 0 Å². The van der Waals surface area contributed by atoms with E-state index in [0.29, 0.717) is 25.0 Å². The molecule has 2 rings (SSSR count). The number of aromatic nitrogens is 1. The predicted molar refractivity (Wildman–Crippen MR) is 95.2 cm³/mol. The first kappa shape index (κ1) is 18.5. The van der Waals surface area contributed by atoms with Crippen molar-refractivity contribution >= 4 is 5.96 Å². The summed E-state index contributed by atoms with van der Waals surface area (Å²) in [6, 6.07) is 3.83. The number of hydrogen-bond donors (Lipinski definition) is 2. The second-order valence-corrected chi connectivity index (χ2v) is 5.79. The highest BCUT2D eigenvalue weighted by atomic mass is 16.5. The summed E-state index contributed by atoms with van der Waals surface area (Å²) in [5.74, 6) is 1.13. The first-order valence-corrected chi connectivity index (χ1v) is 8.69. The zero-order chi connectivity index (χ0) is 17.0. The zero-order valence-corrected chi connectivity index (χ0v) is 14.5. The van der Waals surface area contributed by atoms with Gasteiger partial charge in [-0.25, -0.2) is 9.98 Å². The summed E-state index contributed by atoms with van der Waals surface area (Å²) in [4.78, 5) is 11.0. The van der Waals surface area contributed by atoms with Crippen molar-refractivity contribution in [3.63, 3.8) is 0 Å². The number of rotatable bonds is 9. The fourth-order valence-corrected chi connectivity index (χ4v) is 2.37. The van der Waals surface area contributed by atoms with Crippen molar-refractivity contribution in [2.45, 2.75) is 26.3 Å². The van der Waals surface area contributed by atoms with Crippen LogP contribution in [0.25, 0.3) is 0 Å². The van der Waals surface area contributed by atoms with Crippen molar-refractivity contribution < 1.29 is 9.47 Å². The van der Waals surface area contributed by atoms with Gasteiger partial charge in [0.05, 0.1) is 26.4 Å². The van der Waals surface area contributed by atoms with Crippen molar-refractivity contribution in [2.75, 3.05) is 46.0 Å². The number of guanidine groups is 1. The smallest absolute Gasteiger partial charge is 0.213 e. The Kier molecular flexibility index (Phi) is 8.34. The molecule has 7 heteroatoms. The molecule has 24 heavy (non-hydrogen) atoms. The Labute approximate surface area is 144 Å². The Hall–Kier alpha value is -1.86. The van der Waals surface area contributed by atoms with Crippen molar-refractivity contribution in [3.05, 3.63) is 23.9 Å². The lowest BCUT2D eigenvalue weighted by molar-refractivity contribution is 0.0376. The SMILES string of the molecule is CCCOc1ccc(CN=C(N)NCCCN2CCOCC2)cn1. The van der Waals surface area contributed by atoms with Gasteiger partial charge in [-0.05, 0) is 24.9 Å². The van der Waals surface area contributed by atoms with Crippen LogP contribution in [0.4, 0.5) is 0 Å². The molecule has 2 heterocycles. The molecule has 0 bridgehead atoms. The van der Waals surface area contributed by atoms with E-state index in [0.717, 1.165) is 57.8 Å². The average Bonchev–Trinajstić information content (AvgIpc) is 2.63. The number of nitrogens with one attached hydrogen (secondary N) is 1. The molecule has 0 atom stereocenters. The molecule has 7 nitrogen and oxygen atoms in total. The minimum Gasteiger partial charge on any atom is -0.478 e. The first-order chi connectivity index (χ1) is 11.8. The van der Waals surface area contributed by atoms with Crippen molar-refractivity contribution in [3.8, 4) is 5.88 Å². The number of pyridine rings is 1. The summed E-state index contributed by atoms with van der Waals surface area (Å²) in [5, 5.41) is 3.16. The summed E-state index contributed by atoms with van der Waals surface area (Å²) in [5.41, 5.74) is 6.91. The van der Waals surface area contributed by atoms with Crippen LogP contribution in [0.1, 0.15) is 25.3 Å². The van der Waals surface area contributed by atoms with Crippen molar-refractivity contribution in [2.24, 2.45) is 10.7 Å². The van der Waals surface area contributed by atoms with E-state index in [1.165, 1.54) is 0 Å². The second-order valence-electron chi connectivity index (χ2n) is 5.79. The largest absolute Gasteiger partial charge is 0.478 e. The Morgan fingerprint density at radius 3 is 2.96 bits per heavy atom. The Bertz CT molecular complexity index is 486. The maximum atomic E-state index is 5.90. The maximum Gasteiger partial charge on any atom is 0.213 e. The van der Waals surface area contributed by atoms with Gasteiger partial charge in [-0.2, -0.15) is 0 Å². The van der Waals surface area contributed by atoms with Crippen LogP contribution in [0.5, 0.6) is 5.88 Å². The minimum atomic E-state index is 0.475. The number of morpholine rings is 1. The third-order valence-electron chi connectivity index (χ3n) is 3.74. The highest BCUT2D eigenvalue weighted by Crippen LogP contribution is 2.08. The summed E-state index contributed by atoms with van der Waals surface area (Å²) >= 11 is 0. The summed E-state index contributed by atoms with van der Waals surface area (Å²) in [6.45, 7) is 8.89. The molecule has 0 amide bonds. The predicted octanol–water partition coefficient (Wildman–Crippen LogP) is 0.997. The van der Waals surface area contributed by atoms with Gasteiger partial charge in [0.2, 0.25) is 5.88 Å². The molecule has 0 spiro atoms. The molecule has 0 unspecified atom stereocenters. The van der Waals surface area contributed by atoms with Crippen LogP contribution in [-0.2, 0) is 11.3 Å². The summed E-state index contributed by atoms with van der Waals surface area (Å²) in [6.07, 6.45) is 3.79. The van der Waals surface area contributed by atoms with Gasteiger partial charge in [0.25, 0.3) is 0 Å². The Morgan fingerprint density at radius 2 is 2.25 bits per heavy atom. The van der Waals surface area contributed by atoms with Gasteiger partial charge in [-0.15, -0.1) is 0 Å². The monoisotopic (exact) mass is 335 g/mol. The summed E-state index contributed by atoms with van der Waals surface area (Å²) in [7, 11) is 0. The number of ether oxygens (including phenoxy) is 2. The van der Waals surface area contributed by atoms with E-state index >= 15 is 0 Å². The van der Waals surface area contributed by atoms with Crippen LogP contribution in [0.2, 0.25) is 0 Å². The molecule has 1 fully saturated rings. The third-order valence-corrected chi connectivity index (χ3v) is 3.74. The third kappa shape index (κ3) is 7.14. The topological polar surface area (TPSA) is 85.0 Å². The summed E-state index contributed by atoms with van der Waals surface area (Å²) < 4.78 is 10.8. The molecule has 0 aromatic carbocycles. The van der Waals surface area contributed by atoms with Crippen molar-refractivity contribution in [1.82, 2.24) is 15.2 Å². The zero-order valence-electron chi connectivity index (χ0n) is 14.5. The van der Waals surface area contributed by atoms with E-state index in [1.807, 2.05) is 12.1 Å². The molecular formula is C17H29N5O2. The number of nitrogens with zero attached hydrogens (tertiary/aromatic N) is 3. The highest BCUT2D eigenvalue weighted by Gasteiger charge is 2.08. The van der Waals surface area contributed by atoms with E-state index in [9.17, 15) is 0 Å². The first-order valence-electron chi connectivity index (χ1n) is 8.69. The standard InChI is InChI=1S/C17H29N5O2/c1-2-10-24-16-5-4-15(13-20-16)14-21-17(18)19-6-3-7-22-8-11-23-12-9-22/h4-5,13H,2-3,6-12,14H2,1H3,(H3,18,19,21).